The SMILES string of the molecule is C[C@@H](Oc1ccc(Oc2ccc(C#N)cc2F)cc1)C(=O)N(C)c1ccccc1F. The maximum absolute atomic E-state index is 13.9. The van der Waals surface area contributed by atoms with E-state index in [1.165, 1.54) is 36.2 Å². The van der Waals surface area contributed by atoms with E-state index in [-0.39, 0.29) is 17.0 Å². The third-order valence-corrected chi connectivity index (χ3v) is 4.32. The predicted molar refractivity (Wildman–Crippen MR) is 108 cm³/mol. The Balaban J connectivity index is 1.64. The van der Waals surface area contributed by atoms with E-state index in [2.05, 4.69) is 0 Å². The van der Waals surface area contributed by atoms with Crippen molar-refractivity contribution in [1.29, 1.82) is 5.26 Å². The van der Waals surface area contributed by atoms with Gasteiger partial charge in [0, 0.05) is 7.05 Å². The number of ether oxygens (including phenoxy) is 2. The van der Waals surface area contributed by atoms with Crippen LogP contribution in [0.3, 0.4) is 0 Å². The second kappa shape index (κ2) is 9.05. The van der Waals surface area contributed by atoms with E-state index in [1.54, 1.807) is 43.3 Å². The lowest BCUT2D eigenvalue weighted by Gasteiger charge is -2.22. The number of likely N-dealkylation sites (N-methyl/N-ethyl adjacent to an activating group) is 1. The van der Waals surface area contributed by atoms with Gasteiger partial charge in [0.15, 0.2) is 17.7 Å². The van der Waals surface area contributed by atoms with Crippen LogP contribution in [0, 0.1) is 23.0 Å². The van der Waals surface area contributed by atoms with Gasteiger partial charge in [-0.05, 0) is 61.5 Å². The molecule has 1 amide bonds. The fourth-order valence-electron chi connectivity index (χ4n) is 2.74. The summed E-state index contributed by atoms with van der Waals surface area (Å²) in [5, 5.41) is 8.78. The molecule has 5 nitrogen and oxygen atoms in total. The van der Waals surface area contributed by atoms with Gasteiger partial charge in [-0.3, -0.25) is 4.79 Å². The zero-order chi connectivity index (χ0) is 21.7. The Morgan fingerprint density at radius 3 is 2.30 bits per heavy atom. The van der Waals surface area contributed by atoms with Crippen LogP contribution in [-0.2, 0) is 4.79 Å². The van der Waals surface area contributed by atoms with Crippen molar-refractivity contribution >= 4 is 11.6 Å². The van der Waals surface area contributed by atoms with Crippen LogP contribution < -0.4 is 14.4 Å². The number of carbonyl (C=O) groups is 1. The lowest BCUT2D eigenvalue weighted by molar-refractivity contribution is -0.124. The Kier molecular flexibility index (Phi) is 6.28. The predicted octanol–water partition coefficient (Wildman–Crippen LogP) is 5.06. The van der Waals surface area contributed by atoms with E-state index < -0.39 is 23.6 Å². The molecule has 0 heterocycles. The quantitative estimate of drug-likeness (QED) is 0.572. The first-order chi connectivity index (χ1) is 14.4. The highest BCUT2D eigenvalue weighted by Gasteiger charge is 2.22. The van der Waals surface area contributed by atoms with E-state index in [0.717, 1.165) is 6.07 Å². The molecule has 0 saturated carbocycles. The van der Waals surface area contributed by atoms with Crippen LogP contribution in [0.2, 0.25) is 0 Å². The molecule has 0 N–H and O–H groups in total. The normalized spacial score (nSPS) is 11.3. The number of nitriles is 1. The molecule has 7 heteroatoms. The van der Waals surface area contributed by atoms with Crippen molar-refractivity contribution < 1.29 is 23.0 Å². The summed E-state index contributed by atoms with van der Waals surface area (Å²) >= 11 is 0. The average molecular weight is 408 g/mol. The Morgan fingerprint density at radius 1 is 1.00 bits per heavy atom. The van der Waals surface area contributed by atoms with E-state index in [1.807, 2.05) is 6.07 Å². The molecule has 3 rings (SSSR count). The van der Waals surface area contributed by atoms with Crippen LogP contribution in [0.1, 0.15) is 12.5 Å². The molecule has 0 radical (unpaired) electrons. The highest BCUT2D eigenvalue weighted by molar-refractivity contribution is 5.96. The highest BCUT2D eigenvalue weighted by atomic mass is 19.1. The van der Waals surface area contributed by atoms with Gasteiger partial charge in [-0.25, -0.2) is 8.78 Å². The van der Waals surface area contributed by atoms with Crippen LogP contribution in [-0.4, -0.2) is 19.1 Å². The van der Waals surface area contributed by atoms with Crippen LogP contribution in [0.5, 0.6) is 17.2 Å². The largest absolute Gasteiger partial charge is 0.481 e. The van der Waals surface area contributed by atoms with Gasteiger partial charge in [0.05, 0.1) is 17.3 Å². The molecule has 30 heavy (non-hydrogen) atoms. The van der Waals surface area contributed by atoms with Gasteiger partial charge >= 0.3 is 0 Å². The first-order valence-electron chi connectivity index (χ1n) is 9.05. The minimum atomic E-state index is -0.864. The molecule has 0 aliphatic rings. The van der Waals surface area contributed by atoms with E-state index >= 15 is 0 Å². The number of carbonyl (C=O) groups excluding carboxylic acids is 1. The van der Waals surface area contributed by atoms with Crippen molar-refractivity contribution in [2.75, 3.05) is 11.9 Å². The molecule has 0 fully saturated rings. The van der Waals surface area contributed by atoms with Gasteiger partial charge in [0.25, 0.3) is 5.91 Å². The maximum atomic E-state index is 13.9. The summed E-state index contributed by atoms with van der Waals surface area (Å²) in [7, 11) is 1.48. The summed E-state index contributed by atoms with van der Waals surface area (Å²) in [4.78, 5) is 13.7. The fraction of sp³-hybridized carbons (Fsp3) is 0.130. The maximum Gasteiger partial charge on any atom is 0.267 e. The van der Waals surface area contributed by atoms with Gasteiger partial charge in [-0.15, -0.1) is 0 Å². The first-order valence-corrected chi connectivity index (χ1v) is 9.05. The third kappa shape index (κ3) is 4.73. The molecule has 152 valence electrons. The number of benzene rings is 3. The van der Waals surface area contributed by atoms with E-state index in [4.69, 9.17) is 14.7 Å². The van der Waals surface area contributed by atoms with Gasteiger partial charge in [-0.2, -0.15) is 5.26 Å². The topological polar surface area (TPSA) is 62.6 Å². The molecule has 3 aromatic carbocycles. The number of rotatable bonds is 6. The second-order valence-corrected chi connectivity index (χ2v) is 6.44. The van der Waals surface area contributed by atoms with E-state index in [9.17, 15) is 13.6 Å². The Bertz CT molecular complexity index is 1090. The first kappa shape index (κ1) is 20.8. The molecule has 0 spiro atoms. The molecular weight excluding hydrogens is 390 g/mol. The van der Waals surface area contributed by atoms with Crippen LogP contribution in [0.4, 0.5) is 14.5 Å². The Labute approximate surface area is 172 Å². The summed E-state index contributed by atoms with van der Waals surface area (Å²) in [6, 6.07) is 18.0. The zero-order valence-corrected chi connectivity index (χ0v) is 16.3. The number of nitrogens with zero attached hydrogens (tertiary/aromatic N) is 2. The van der Waals surface area contributed by atoms with Gasteiger partial charge in [0.1, 0.15) is 17.3 Å². The van der Waals surface area contributed by atoms with Crippen molar-refractivity contribution in [2.24, 2.45) is 0 Å². The van der Waals surface area contributed by atoms with Crippen molar-refractivity contribution in [3.63, 3.8) is 0 Å². The summed E-state index contributed by atoms with van der Waals surface area (Å²) in [5.41, 5.74) is 0.355. The second-order valence-electron chi connectivity index (χ2n) is 6.44. The van der Waals surface area contributed by atoms with Crippen molar-refractivity contribution in [3.8, 4) is 23.3 Å². The summed E-state index contributed by atoms with van der Waals surface area (Å²) in [6.07, 6.45) is -0.864. The highest BCUT2D eigenvalue weighted by Crippen LogP contribution is 2.27. The number of para-hydroxylation sites is 1. The number of hydrogen-bond acceptors (Lipinski definition) is 4. The van der Waals surface area contributed by atoms with Crippen LogP contribution >= 0.6 is 0 Å². The summed E-state index contributed by atoms with van der Waals surface area (Å²) in [6.45, 7) is 1.57. The lowest BCUT2D eigenvalue weighted by atomic mass is 10.2. The van der Waals surface area contributed by atoms with Crippen LogP contribution in [0.25, 0.3) is 0 Å². The average Bonchev–Trinajstić information content (AvgIpc) is 2.75. The third-order valence-electron chi connectivity index (χ3n) is 4.32. The molecule has 0 aliphatic heterocycles. The Hall–Kier alpha value is -3.92. The molecule has 0 aromatic heterocycles. The van der Waals surface area contributed by atoms with Crippen molar-refractivity contribution in [2.45, 2.75) is 13.0 Å². The van der Waals surface area contributed by atoms with E-state index in [0.29, 0.717) is 11.5 Å². The number of anilines is 1. The Morgan fingerprint density at radius 2 is 1.67 bits per heavy atom. The van der Waals surface area contributed by atoms with Crippen molar-refractivity contribution in [3.05, 3.63) is 83.9 Å². The molecule has 0 saturated heterocycles. The lowest BCUT2D eigenvalue weighted by Crippen LogP contribution is -2.38. The smallest absolute Gasteiger partial charge is 0.267 e. The molecular formula is C23H18F2N2O3. The molecule has 0 unspecified atom stereocenters. The fourth-order valence-corrected chi connectivity index (χ4v) is 2.74. The van der Waals surface area contributed by atoms with Gasteiger partial charge in [0.2, 0.25) is 0 Å². The van der Waals surface area contributed by atoms with Crippen molar-refractivity contribution in [1.82, 2.24) is 0 Å². The zero-order valence-electron chi connectivity index (χ0n) is 16.3. The van der Waals surface area contributed by atoms with Gasteiger partial charge in [-0.1, -0.05) is 12.1 Å². The number of amides is 1. The van der Waals surface area contributed by atoms with Gasteiger partial charge < -0.3 is 14.4 Å². The molecule has 0 aliphatic carbocycles. The minimum Gasteiger partial charge on any atom is -0.481 e. The standard InChI is InChI=1S/C23H18F2N2O3/c1-15(23(28)27(2)21-6-4-3-5-19(21)24)29-17-8-10-18(11-9-17)30-22-12-7-16(14-26)13-20(22)25/h3-13,15H,1-2H3/t15-/m1/s1. The monoisotopic (exact) mass is 408 g/mol. The van der Waals surface area contributed by atoms with Crippen LogP contribution in [0.15, 0.2) is 66.7 Å². The minimum absolute atomic E-state index is 0.0160. The summed E-state index contributed by atoms with van der Waals surface area (Å²) < 4.78 is 38.9. The number of halogens is 2. The molecule has 3 aromatic rings. The molecule has 1 atom stereocenters. The molecule has 0 bridgehead atoms. The summed E-state index contributed by atoms with van der Waals surface area (Å²) in [5.74, 6) is -0.835. The number of hydrogen-bond donors (Lipinski definition) is 0.